The quantitative estimate of drug-likeness (QED) is 0.582. The minimum atomic E-state index is -0.505. The summed E-state index contributed by atoms with van der Waals surface area (Å²) in [6, 6.07) is 9.21. The van der Waals surface area contributed by atoms with Crippen molar-refractivity contribution in [3.05, 3.63) is 53.9 Å². The fourth-order valence-electron chi connectivity index (χ4n) is 4.40. The van der Waals surface area contributed by atoms with Crippen LogP contribution in [0.25, 0.3) is 0 Å². The van der Waals surface area contributed by atoms with Crippen LogP contribution in [0, 0.1) is 0 Å². The summed E-state index contributed by atoms with van der Waals surface area (Å²) in [5.41, 5.74) is 2.55. The molecule has 0 aliphatic carbocycles. The summed E-state index contributed by atoms with van der Waals surface area (Å²) in [7, 11) is 0. The number of amides is 2. The van der Waals surface area contributed by atoms with E-state index in [0.717, 1.165) is 23.3 Å². The molecular weight excluding hydrogens is 410 g/mol. The van der Waals surface area contributed by atoms with Crippen LogP contribution in [0.4, 0.5) is 5.69 Å². The molecular formula is C24H29N3O5. The predicted molar refractivity (Wildman–Crippen MR) is 118 cm³/mol. The number of hydrogen-bond acceptors (Lipinski definition) is 6. The Bertz CT molecular complexity index is 952. The van der Waals surface area contributed by atoms with Gasteiger partial charge in [0.25, 0.3) is 0 Å². The Morgan fingerprint density at radius 3 is 2.75 bits per heavy atom. The van der Waals surface area contributed by atoms with Crippen molar-refractivity contribution in [2.24, 2.45) is 0 Å². The number of carbonyl (C=O) groups excluding carboxylic acids is 2. The highest BCUT2D eigenvalue weighted by molar-refractivity contribution is 5.92. The molecule has 32 heavy (non-hydrogen) atoms. The maximum atomic E-state index is 12.5. The van der Waals surface area contributed by atoms with Gasteiger partial charge in [0.15, 0.2) is 0 Å². The average Bonchev–Trinajstić information content (AvgIpc) is 3.15. The molecule has 2 aliphatic rings. The van der Waals surface area contributed by atoms with E-state index in [4.69, 9.17) is 9.47 Å². The Morgan fingerprint density at radius 1 is 1.19 bits per heavy atom. The first-order valence-corrected chi connectivity index (χ1v) is 11.1. The smallest absolute Gasteiger partial charge is 0.228 e. The van der Waals surface area contributed by atoms with Crippen molar-refractivity contribution >= 4 is 17.5 Å². The maximum absolute atomic E-state index is 12.5. The molecule has 0 bridgehead atoms. The Morgan fingerprint density at radius 2 is 2.00 bits per heavy atom. The lowest BCUT2D eigenvalue weighted by atomic mass is 9.84. The van der Waals surface area contributed by atoms with Gasteiger partial charge < -0.3 is 25.2 Å². The van der Waals surface area contributed by atoms with Crippen molar-refractivity contribution in [3.8, 4) is 5.75 Å². The van der Waals surface area contributed by atoms with Gasteiger partial charge in [-0.25, -0.2) is 0 Å². The fourth-order valence-corrected chi connectivity index (χ4v) is 4.40. The standard InChI is InChI=1S/C24H29N3O5/c1-2-7-26-22(29)13-17-12-19-18-11-16(27-23(30)10-15-5-8-25-9-6-15)3-4-20(18)32-24(19)21(14-28)31-17/h3-6,8-9,11,17,19,21,24,28H,2,7,10,12-14H2,1H3,(H,26,29)(H,27,30)/t17-,19+,21+,24-/m0/s1. The van der Waals surface area contributed by atoms with Crippen LogP contribution in [-0.4, -0.2) is 53.4 Å². The molecule has 4 atom stereocenters. The number of nitrogens with one attached hydrogen (secondary N) is 2. The molecule has 2 amide bonds. The van der Waals surface area contributed by atoms with Crippen LogP contribution in [0.3, 0.4) is 0 Å². The molecule has 1 aromatic carbocycles. The molecule has 0 radical (unpaired) electrons. The van der Waals surface area contributed by atoms with E-state index in [1.54, 1.807) is 12.4 Å². The zero-order valence-electron chi connectivity index (χ0n) is 18.1. The van der Waals surface area contributed by atoms with Crippen LogP contribution >= 0.6 is 0 Å². The molecule has 8 heteroatoms. The zero-order chi connectivity index (χ0) is 22.5. The predicted octanol–water partition coefficient (Wildman–Crippen LogP) is 2.17. The highest BCUT2D eigenvalue weighted by Crippen LogP contribution is 2.47. The molecule has 0 saturated carbocycles. The highest BCUT2D eigenvalue weighted by atomic mass is 16.6. The summed E-state index contributed by atoms with van der Waals surface area (Å²) in [5, 5.41) is 15.7. The molecule has 3 N–H and O–H groups in total. The number of hydrogen-bond donors (Lipinski definition) is 3. The molecule has 1 fully saturated rings. The van der Waals surface area contributed by atoms with Crippen molar-refractivity contribution < 1.29 is 24.2 Å². The molecule has 2 aliphatic heterocycles. The molecule has 4 rings (SSSR count). The van der Waals surface area contributed by atoms with Crippen LogP contribution in [0.1, 0.15) is 43.2 Å². The number of aromatic nitrogens is 1. The lowest BCUT2D eigenvalue weighted by Crippen LogP contribution is -2.47. The van der Waals surface area contributed by atoms with Crippen molar-refractivity contribution in [1.29, 1.82) is 0 Å². The van der Waals surface area contributed by atoms with Crippen LogP contribution < -0.4 is 15.4 Å². The number of aliphatic hydroxyl groups excluding tert-OH is 1. The summed E-state index contributed by atoms with van der Waals surface area (Å²) in [6.45, 7) is 2.46. The second-order valence-electron chi connectivity index (χ2n) is 8.29. The van der Waals surface area contributed by atoms with Crippen molar-refractivity contribution in [3.63, 3.8) is 0 Å². The first-order chi connectivity index (χ1) is 15.6. The van der Waals surface area contributed by atoms with Gasteiger partial charge in [-0.1, -0.05) is 6.92 Å². The Balaban J connectivity index is 1.45. The van der Waals surface area contributed by atoms with Crippen molar-refractivity contribution in [2.75, 3.05) is 18.5 Å². The summed E-state index contributed by atoms with van der Waals surface area (Å²) in [5.74, 6) is 0.544. The van der Waals surface area contributed by atoms with Crippen LogP contribution in [-0.2, 0) is 20.7 Å². The number of benzene rings is 1. The monoisotopic (exact) mass is 439 g/mol. The van der Waals surface area contributed by atoms with E-state index in [0.29, 0.717) is 18.7 Å². The molecule has 2 aromatic rings. The van der Waals surface area contributed by atoms with E-state index in [9.17, 15) is 14.7 Å². The van der Waals surface area contributed by atoms with E-state index in [-0.39, 0.29) is 49.4 Å². The van der Waals surface area contributed by atoms with E-state index in [2.05, 4.69) is 15.6 Å². The number of aliphatic hydroxyl groups is 1. The van der Waals surface area contributed by atoms with Gasteiger partial charge in [0.1, 0.15) is 18.0 Å². The lowest BCUT2D eigenvalue weighted by Gasteiger charge is -2.37. The van der Waals surface area contributed by atoms with Crippen molar-refractivity contribution in [1.82, 2.24) is 10.3 Å². The molecule has 1 saturated heterocycles. The molecule has 170 valence electrons. The van der Waals surface area contributed by atoms with E-state index < -0.39 is 6.10 Å². The Labute approximate surface area is 187 Å². The second kappa shape index (κ2) is 10.1. The van der Waals surface area contributed by atoms with Gasteiger partial charge in [0.05, 0.1) is 25.6 Å². The lowest BCUT2D eigenvalue weighted by molar-refractivity contribution is -0.142. The molecule has 3 heterocycles. The minimum absolute atomic E-state index is 0.0167. The van der Waals surface area contributed by atoms with Crippen LogP contribution in [0.15, 0.2) is 42.7 Å². The number of pyridine rings is 1. The van der Waals surface area contributed by atoms with Gasteiger partial charge in [0.2, 0.25) is 11.8 Å². The number of ether oxygens (including phenoxy) is 2. The van der Waals surface area contributed by atoms with Gasteiger partial charge in [0, 0.05) is 36.1 Å². The summed E-state index contributed by atoms with van der Waals surface area (Å²) < 4.78 is 12.1. The zero-order valence-corrected chi connectivity index (χ0v) is 18.1. The summed E-state index contributed by atoms with van der Waals surface area (Å²) in [4.78, 5) is 28.6. The molecule has 1 aromatic heterocycles. The third-order valence-electron chi connectivity index (χ3n) is 5.88. The van der Waals surface area contributed by atoms with E-state index >= 15 is 0 Å². The normalized spacial score (nSPS) is 23.6. The number of fused-ring (bicyclic) bond motifs is 3. The summed E-state index contributed by atoms with van der Waals surface area (Å²) >= 11 is 0. The SMILES string of the molecule is CCCNC(=O)C[C@@H]1C[C@@H]2c3cc(NC(=O)Cc4ccncc4)ccc3O[C@@H]2[C@@H](CO)O1. The van der Waals surface area contributed by atoms with Crippen LogP contribution in [0.5, 0.6) is 5.75 Å². The third kappa shape index (κ3) is 5.08. The van der Waals surface area contributed by atoms with Gasteiger partial charge in [-0.3, -0.25) is 14.6 Å². The molecule has 8 nitrogen and oxygen atoms in total. The van der Waals surface area contributed by atoms with Crippen molar-refractivity contribution in [2.45, 2.75) is 56.8 Å². The summed E-state index contributed by atoms with van der Waals surface area (Å²) in [6.07, 6.45) is 4.20. The first kappa shape index (κ1) is 22.2. The average molecular weight is 440 g/mol. The fraction of sp³-hybridized carbons (Fsp3) is 0.458. The van der Waals surface area contributed by atoms with Gasteiger partial charge in [-0.05, 0) is 48.7 Å². The number of anilines is 1. The number of nitrogens with zero attached hydrogens (tertiary/aromatic N) is 1. The van der Waals surface area contributed by atoms with E-state index in [1.165, 1.54) is 0 Å². The second-order valence-corrected chi connectivity index (χ2v) is 8.29. The van der Waals surface area contributed by atoms with Gasteiger partial charge >= 0.3 is 0 Å². The van der Waals surface area contributed by atoms with Gasteiger partial charge in [-0.15, -0.1) is 0 Å². The number of rotatable bonds is 8. The largest absolute Gasteiger partial charge is 0.487 e. The first-order valence-electron chi connectivity index (χ1n) is 11.1. The minimum Gasteiger partial charge on any atom is -0.487 e. The Hall–Kier alpha value is -2.97. The highest BCUT2D eigenvalue weighted by Gasteiger charge is 2.46. The molecule has 0 unspecified atom stereocenters. The van der Waals surface area contributed by atoms with Gasteiger partial charge in [-0.2, -0.15) is 0 Å². The topological polar surface area (TPSA) is 110 Å². The van der Waals surface area contributed by atoms with E-state index in [1.807, 2.05) is 37.3 Å². The molecule has 0 spiro atoms. The maximum Gasteiger partial charge on any atom is 0.228 e. The third-order valence-corrected chi connectivity index (χ3v) is 5.88. The van der Waals surface area contributed by atoms with Crippen LogP contribution in [0.2, 0.25) is 0 Å². The Kier molecular flexibility index (Phi) is 7.02. The number of carbonyl (C=O) groups is 2.